The first-order valence-corrected chi connectivity index (χ1v) is 8.15. The van der Waals surface area contributed by atoms with Crippen molar-refractivity contribution in [2.24, 2.45) is 0 Å². The topological polar surface area (TPSA) is 59.0 Å². The molecule has 0 aliphatic rings. The number of aromatic nitrogens is 2. The smallest absolute Gasteiger partial charge is 0.221 e. The fourth-order valence-electron chi connectivity index (χ4n) is 2.62. The third-order valence-electron chi connectivity index (χ3n) is 3.99. The number of hydrogen-bond acceptors (Lipinski definition) is 3. The minimum Gasteiger partial charge on any atom is -0.352 e. The number of para-hydroxylation sites is 2. The maximum Gasteiger partial charge on any atom is 0.221 e. The van der Waals surface area contributed by atoms with Gasteiger partial charge >= 0.3 is 0 Å². The summed E-state index contributed by atoms with van der Waals surface area (Å²) in [6.07, 6.45) is 2.38. The molecule has 0 bridgehead atoms. The predicted octanol–water partition coefficient (Wildman–Crippen LogP) is 3.15. The average Bonchev–Trinajstić information content (AvgIpc) is 3.02. The summed E-state index contributed by atoms with van der Waals surface area (Å²) >= 11 is 0. The number of rotatable bonds is 7. The Morgan fingerprint density at radius 1 is 1.04 bits per heavy atom. The maximum atomic E-state index is 11.6. The van der Waals surface area contributed by atoms with Crippen LogP contribution < -0.4 is 10.6 Å². The Labute approximate surface area is 166 Å². The molecule has 0 spiro atoms. The van der Waals surface area contributed by atoms with Gasteiger partial charge in [0.25, 0.3) is 0 Å². The number of imidazole rings is 1. The van der Waals surface area contributed by atoms with Crippen molar-refractivity contribution in [1.29, 1.82) is 0 Å². The second-order valence-corrected chi connectivity index (χ2v) is 5.81. The lowest BCUT2D eigenvalue weighted by atomic mass is 10.1. The molecule has 3 aromatic rings. The zero-order valence-corrected chi connectivity index (χ0v) is 16.3. The Morgan fingerprint density at radius 3 is 2.46 bits per heavy atom. The van der Waals surface area contributed by atoms with Crippen LogP contribution in [0, 0.1) is 0 Å². The minimum absolute atomic E-state index is 0. The number of carbonyl (C=O) groups excluding carboxylic acids is 1. The summed E-state index contributed by atoms with van der Waals surface area (Å²) in [5.41, 5.74) is 4.47. The molecule has 3 rings (SSSR count). The first-order chi connectivity index (χ1) is 11.8. The summed E-state index contributed by atoms with van der Waals surface area (Å²) in [6.45, 7) is 2.05. The van der Waals surface area contributed by atoms with Gasteiger partial charge in [-0.1, -0.05) is 36.4 Å². The van der Waals surface area contributed by atoms with Gasteiger partial charge in [-0.15, -0.1) is 24.8 Å². The van der Waals surface area contributed by atoms with E-state index in [2.05, 4.69) is 50.5 Å². The second-order valence-electron chi connectivity index (χ2n) is 5.81. The van der Waals surface area contributed by atoms with Crippen LogP contribution in [0.4, 0.5) is 0 Å². The Bertz CT molecular complexity index is 818. The van der Waals surface area contributed by atoms with Crippen molar-refractivity contribution in [1.82, 2.24) is 20.2 Å². The van der Waals surface area contributed by atoms with E-state index < -0.39 is 0 Å². The van der Waals surface area contributed by atoms with Gasteiger partial charge < -0.3 is 15.2 Å². The second kappa shape index (κ2) is 10.8. The van der Waals surface area contributed by atoms with E-state index in [-0.39, 0.29) is 30.7 Å². The van der Waals surface area contributed by atoms with Crippen molar-refractivity contribution in [3.05, 3.63) is 66.0 Å². The van der Waals surface area contributed by atoms with E-state index in [1.807, 2.05) is 31.6 Å². The van der Waals surface area contributed by atoms with Crippen LogP contribution in [0.25, 0.3) is 11.0 Å². The molecular formula is C19H24Cl2N4O. The van der Waals surface area contributed by atoms with Crippen molar-refractivity contribution in [2.75, 3.05) is 13.6 Å². The molecular weight excluding hydrogens is 371 g/mol. The van der Waals surface area contributed by atoms with Gasteiger partial charge in [0.15, 0.2) is 0 Å². The van der Waals surface area contributed by atoms with Crippen LogP contribution in [0.3, 0.4) is 0 Å². The quantitative estimate of drug-likeness (QED) is 0.646. The van der Waals surface area contributed by atoms with Gasteiger partial charge in [-0.05, 0) is 30.3 Å². The lowest BCUT2D eigenvalue weighted by molar-refractivity contribution is -0.121. The number of carbonyl (C=O) groups is 1. The minimum atomic E-state index is 0. The van der Waals surface area contributed by atoms with Gasteiger partial charge in [0.2, 0.25) is 5.91 Å². The van der Waals surface area contributed by atoms with Gasteiger partial charge in [0.1, 0.15) is 0 Å². The van der Waals surface area contributed by atoms with Crippen LogP contribution >= 0.6 is 24.8 Å². The van der Waals surface area contributed by atoms with E-state index in [1.54, 1.807) is 0 Å². The van der Waals surface area contributed by atoms with Crippen LogP contribution in [-0.4, -0.2) is 29.1 Å². The fraction of sp³-hybridized carbons (Fsp3) is 0.263. The first-order valence-electron chi connectivity index (χ1n) is 8.15. The third-order valence-corrected chi connectivity index (χ3v) is 3.99. The standard InChI is InChI=1S/C19H22N4O.2ClH/c1-20-11-10-19(24)21-12-15-6-8-16(9-7-15)13-23-14-22-17-4-2-3-5-18(17)23;;/h2-9,14,20H,10-13H2,1H3,(H,21,24);2*1H. The Hall–Kier alpha value is -2.08. The van der Waals surface area contributed by atoms with E-state index in [1.165, 1.54) is 5.56 Å². The van der Waals surface area contributed by atoms with E-state index in [4.69, 9.17) is 0 Å². The van der Waals surface area contributed by atoms with Crippen LogP contribution in [0.2, 0.25) is 0 Å². The Balaban J connectivity index is 0.00000169. The van der Waals surface area contributed by atoms with Gasteiger partial charge in [-0.25, -0.2) is 4.98 Å². The number of hydrogen-bond donors (Lipinski definition) is 2. The number of nitrogens with zero attached hydrogens (tertiary/aromatic N) is 2. The first kappa shape index (κ1) is 22.0. The highest BCUT2D eigenvalue weighted by atomic mass is 35.5. The van der Waals surface area contributed by atoms with Crippen molar-refractivity contribution < 1.29 is 4.79 Å². The van der Waals surface area contributed by atoms with Crippen LogP contribution in [-0.2, 0) is 17.9 Å². The largest absolute Gasteiger partial charge is 0.352 e. The number of benzene rings is 2. The van der Waals surface area contributed by atoms with Crippen LogP contribution in [0.15, 0.2) is 54.9 Å². The van der Waals surface area contributed by atoms with E-state index >= 15 is 0 Å². The highest BCUT2D eigenvalue weighted by Gasteiger charge is 2.03. The van der Waals surface area contributed by atoms with Crippen molar-refractivity contribution in [2.45, 2.75) is 19.5 Å². The monoisotopic (exact) mass is 394 g/mol. The SMILES string of the molecule is CNCCC(=O)NCc1ccc(Cn2cnc3ccccc32)cc1.Cl.Cl. The summed E-state index contributed by atoms with van der Waals surface area (Å²) in [7, 11) is 1.84. The van der Waals surface area contributed by atoms with Crippen molar-refractivity contribution in [3.63, 3.8) is 0 Å². The molecule has 1 heterocycles. The molecule has 2 aromatic carbocycles. The van der Waals surface area contributed by atoms with Gasteiger partial charge in [-0.2, -0.15) is 0 Å². The Kier molecular flexibility index (Phi) is 9.13. The number of fused-ring (bicyclic) bond motifs is 1. The summed E-state index contributed by atoms with van der Waals surface area (Å²) in [4.78, 5) is 16.0. The molecule has 0 saturated carbocycles. The third kappa shape index (κ3) is 5.73. The molecule has 7 heteroatoms. The van der Waals surface area contributed by atoms with Crippen molar-refractivity contribution >= 4 is 41.8 Å². The molecule has 1 amide bonds. The van der Waals surface area contributed by atoms with Gasteiger partial charge in [0, 0.05) is 26.1 Å². The van der Waals surface area contributed by atoms with Gasteiger partial charge in [-0.3, -0.25) is 4.79 Å². The number of amides is 1. The van der Waals surface area contributed by atoms with E-state index in [0.29, 0.717) is 19.5 Å². The molecule has 5 nitrogen and oxygen atoms in total. The van der Waals surface area contributed by atoms with Gasteiger partial charge in [0.05, 0.1) is 17.4 Å². The molecule has 0 aliphatic heterocycles. The lowest BCUT2D eigenvalue weighted by Gasteiger charge is -2.08. The summed E-state index contributed by atoms with van der Waals surface area (Å²) in [5, 5.41) is 5.90. The maximum absolute atomic E-state index is 11.6. The number of nitrogens with one attached hydrogen (secondary N) is 2. The molecule has 0 atom stereocenters. The van der Waals surface area contributed by atoms with Crippen LogP contribution in [0.1, 0.15) is 17.5 Å². The molecule has 140 valence electrons. The van der Waals surface area contributed by atoms with E-state index in [0.717, 1.165) is 23.1 Å². The average molecular weight is 395 g/mol. The molecule has 0 aliphatic carbocycles. The molecule has 2 N–H and O–H groups in total. The van der Waals surface area contributed by atoms with Crippen LogP contribution in [0.5, 0.6) is 0 Å². The molecule has 0 fully saturated rings. The zero-order valence-electron chi connectivity index (χ0n) is 14.6. The normalized spacial score (nSPS) is 10.0. The van der Waals surface area contributed by atoms with E-state index in [9.17, 15) is 4.79 Å². The molecule has 0 saturated heterocycles. The molecule has 0 radical (unpaired) electrons. The molecule has 26 heavy (non-hydrogen) atoms. The zero-order chi connectivity index (χ0) is 16.8. The predicted molar refractivity (Wildman–Crippen MR) is 110 cm³/mol. The highest BCUT2D eigenvalue weighted by molar-refractivity contribution is 5.85. The highest BCUT2D eigenvalue weighted by Crippen LogP contribution is 2.14. The summed E-state index contributed by atoms with van der Waals surface area (Å²) in [6, 6.07) is 16.5. The number of halogens is 2. The summed E-state index contributed by atoms with van der Waals surface area (Å²) in [5.74, 6) is 0.0679. The Morgan fingerprint density at radius 2 is 1.73 bits per heavy atom. The van der Waals surface area contributed by atoms with Crippen molar-refractivity contribution in [3.8, 4) is 0 Å². The summed E-state index contributed by atoms with van der Waals surface area (Å²) < 4.78 is 2.14. The molecule has 0 unspecified atom stereocenters. The molecule has 1 aromatic heterocycles. The lowest BCUT2D eigenvalue weighted by Crippen LogP contribution is -2.26. The fourth-order valence-corrected chi connectivity index (χ4v) is 2.62.